The van der Waals surface area contributed by atoms with Crippen LogP contribution in [0.1, 0.15) is 0 Å². The zero-order valence-electron chi connectivity index (χ0n) is 7.41. The Morgan fingerprint density at radius 2 is 0.250 bits per heavy atom. The van der Waals surface area contributed by atoms with E-state index in [2.05, 4.69) is 0 Å². The largest absolute Gasteiger partial charge is 0.358 e. The van der Waals surface area contributed by atoms with Crippen molar-refractivity contribution < 1.29 is 39.0 Å². The predicted octanol–water partition coefficient (Wildman–Crippen LogP) is 2.70. The summed E-state index contributed by atoms with van der Waals surface area (Å²) in [6, 6.07) is 0. The Labute approximate surface area is 83.4 Å². The van der Waals surface area contributed by atoms with E-state index in [-0.39, 0.29) is 83.5 Å². The molecule has 0 rings (SSSR count). The first kappa shape index (κ1) is 405. The summed E-state index contributed by atoms with van der Waals surface area (Å²) < 4.78 is 0. The van der Waals surface area contributed by atoms with Crippen LogP contribution in [0.4, 0.5) is 0 Å². The minimum atomic E-state index is 0. The van der Waals surface area contributed by atoms with Crippen LogP contribution in [-0.4, -0.2) is 0 Å². The molecule has 2 heteroatoms. The molecule has 0 amide bonds. The van der Waals surface area contributed by atoms with Gasteiger partial charge in [-0.15, -0.1) is 0 Å². The van der Waals surface area contributed by atoms with Crippen molar-refractivity contribution >= 4 is 0 Å². The molecule has 52 valence electrons. The third kappa shape index (κ3) is 182. The van der Waals surface area contributed by atoms with Crippen LogP contribution >= 0.6 is 0 Å². The summed E-state index contributed by atoms with van der Waals surface area (Å²) >= 11 is 0. The van der Waals surface area contributed by atoms with E-state index in [4.69, 9.17) is 0 Å². The van der Waals surface area contributed by atoms with Crippen LogP contribution in [0.2, 0.25) is 0 Å². The van der Waals surface area contributed by atoms with Crippen LogP contribution < -0.4 is 0 Å². The van der Waals surface area contributed by atoms with E-state index in [1.54, 1.807) is 0 Å². The van der Waals surface area contributed by atoms with Crippen molar-refractivity contribution in [1.29, 1.82) is 0 Å². The molecule has 0 nitrogen and oxygen atoms in total. The van der Waals surface area contributed by atoms with Crippen molar-refractivity contribution in [3.8, 4) is 0 Å². The number of rotatable bonds is 0. The Hall–Kier alpha value is 1.25. The third-order valence-electron chi connectivity index (χ3n) is 0. The van der Waals surface area contributed by atoms with Crippen LogP contribution in [0.5, 0.6) is 0 Å². The summed E-state index contributed by atoms with van der Waals surface area (Å²) in [6.45, 7) is 0. The molecule has 0 aromatic rings. The van der Waals surface area contributed by atoms with Crippen LogP contribution in [0, 0.1) is 44.6 Å². The minimum Gasteiger partial charge on any atom is -0.358 e. The average Bonchev–Trinajstić information content (AvgIpc) is 0. The third-order valence-corrected chi connectivity index (χ3v) is 0. The fourth-order valence-electron chi connectivity index (χ4n) is 0. The molecule has 0 atom stereocenters. The first-order valence-electron chi connectivity index (χ1n) is 0. The second kappa shape index (κ2) is 279. The van der Waals surface area contributed by atoms with Crippen LogP contribution in [0.15, 0.2) is 0 Å². The van der Waals surface area contributed by atoms with E-state index >= 15 is 0 Å². The summed E-state index contributed by atoms with van der Waals surface area (Å²) in [4.78, 5) is 0. The first-order valence-corrected chi connectivity index (χ1v) is 0. The molecule has 0 aromatic heterocycles. The van der Waals surface area contributed by atoms with E-state index in [9.17, 15) is 0 Å². The van der Waals surface area contributed by atoms with Crippen molar-refractivity contribution in [2.75, 3.05) is 0 Å². The van der Waals surface area contributed by atoms with Crippen molar-refractivity contribution in [3.05, 3.63) is 44.6 Å². The Bertz CT molecular complexity index is 6.49. The van der Waals surface area contributed by atoms with Gasteiger partial charge in [0.2, 0.25) is 0 Å². The van der Waals surface area contributed by atoms with E-state index in [0.717, 1.165) is 0 Å². The molecule has 0 heterocycles. The first-order chi connectivity index (χ1) is 0. The number of hydrogen-bond donors (Lipinski definition) is 0. The van der Waals surface area contributed by atoms with E-state index in [0.29, 0.717) is 0 Å². The van der Waals surface area contributed by atoms with Gasteiger partial charge in [-0.25, -0.2) is 0 Å². The second-order valence-corrected chi connectivity index (χ2v) is 0. The molecule has 0 saturated heterocycles. The Morgan fingerprint density at radius 3 is 0.250 bits per heavy atom. The number of hydrogen-bond acceptors (Lipinski definition) is 0. The maximum atomic E-state index is 0. The normalized spacial score (nSPS) is 0. The van der Waals surface area contributed by atoms with Gasteiger partial charge in [0.25, 0.3) is 0 Å². The molecule has 0 N–H and O–H groups in total. The van der Waals surface area contributed by atoms with Gasteiger partial charge in [-0.1, -0.05) is 0 Å². The van der Waals surface area contributed by atoms with E-state index in [1.165, 1.54) is 0 Å². The van der Waals surface area contributed by atoms with Gasteiger partial charge >= 0.3 is 0 Å². The van der Waals surface area contributed by atoms with Crippen molar-refractivity contribution in [3.63, 3.8) is 0 Å². The molecule has 0 aliphatic heterocycles. The monoisotopic (exact) mass is 218 g/mol. The second-order valence-electron chi connectivity index (χ2n) is 0. The quantitative estimate of drug-likeness (QED) is 0.435. The molecular weight excluding hydrogens is 203 g/mol. The summed E-state index contributed by atoms with van der Waals surface area (Å²) in [6.07, 6.45) is 0. The molecule has 0 saturated carbocycles. The molecule has 0 aliphatic rings. The smallest absolute Gasteiger partial charge is 0 e. The van der Waals surface area contributed by atoms with Crippen LogP contribution in [0.3, 0.4) is 0 Å². The average molecular weight is 221 g/mol. The Morgan fingerprint density at radius 1 is 0.250 bits per heavy atom. The van der Waals surface area contributed by atoms with Gasteiger partial charge < -0.3 is 44.6 Å². The molecular formula is C6H18Zn2-6. The molecule has 0 aromatic carbocycles. The summed E-state index contributed by atoms with van der Waals surface area (Å²) in [5.74, 6) is 0. The van der Waals surface area contributed by atoms with Gasteiger partial charge in [0.15, 0.2) is 0 Å². The molecule has 8 heavy (non-hydrogen) atoms. The summed E-state index contributed by atoms with van der Waals surface area (Å²) in [5.41, 5.74) is 0. The maximum absolute atomic E-state index is 0. The zero-order valence-corrected chi connectivity index (χ0v) is 13.3. The van der Waals surface area contributed by atoms with E-state index < -0.39 is 0 Å². The van der Waals surface area contributed by atoms with Gasteiger partial charge in [0.1, 0.15) is 0 Å². The van der Waals surface area contributed by atoms with Gasteiger partial charge in [0, 0.05) is 39.0 Å². The topological polar surface area (TPSA) is 0 Å². The maximum Gasteiger partial charge on any atom is 0 e. The Balaban J connectivity index is 0. The zero-order chi connectivity index (χ0) is 0. The molecule has 0 unspecified atom stereocenters. The molecule has 0 bridgehead atoms. The molecule has 0 radical (unpaired) electrons. The minimum absolute atomic E-state index is 0. The van der Waals surface area contributed by atoms with Gasteiger partial charge in [0.05, 0.1) is 0 Å². The summed E-state index contributed by atoms with van der Waals surface area (Å²) in [7, 11) is 0. The van der Waals surface area contributed by atoms with Crippen molar-refractivity contribution in [1.82, 2.24) is 0 Å². The predicted molar refractivity (Wildman–Crippen MR) is 38.5 cm³/mol. The summed E-state index contributed by atoms with van der Waals surface area (Å²) in [5, 5.41) is 0. The molecule has 0 fully saturated rings. The van der Waals surface area contributed by atoms with E-state index in [1.807, 2.05) is 0 Å². The van der Waals surface area contributed by atoms with Crippen LogP contribution in [0.25, 0.3) is 0 Å². The van der Waals surface area contributed by atoms with Gasteiger partial charge in [-0.05, 0) is 0 Å². The van der Waals surface area contributed by atoms with Crippen molar-refractivity contribution in [2.24, 2.45) is 0 Å². The van der Waals surface area contributed by atoms with Crippen LogP contribution in [-0.2, 0) is 39.0 Å². The molecule has 0 spiro atoms. The Kier molecular flexibility index (Phi) is 14100. The standard InChI is InChI=1S/6CH3.2Zn/h6*1H3;;/q6*-1;;. The fraction of sp³-hybridized carbons (Fsp3) is 0. The van der Waals surface area contributed by atoms with Crippen molar-refractivity contribution in [2.45, 2.75) is 0 Å². The molecule has 0 aliphatic carbocycles. The van der Waals surface area contributed by atoms with Gasteiger partial charge in [-0.3, -0.25) is 0 Å². The van der Waals surface area contributed by atoms with Gasteiger partial charge in [-0.2, -0.15) is 0 Å². The SMILES string of the molecule is [CH3-].[CH3-].[CH3-].[CH3-].[CH3-].[CH3-].[Zn].[Zn]. The fourth-order valence-corrected chi connectivity index (χ4v) is 0.